The Morgan fingerprint density at radius 2 is 1.60 bits per heavy atom. The highest BCUT2D eigenvalue weighted by Crippen LogP contribution is 2.31. The van der Waals surface area contributed by atoms with Crippen molar-refractivity contribution >= 4 is 39.1 Å². The molecule has 9 heteroatoms. The molecule has 0 heterocycles. The Hall–Kier alpha value is -3.36. The third-order valence-electron chi connectivity index (χ3n) is 6.51. The number of carbonyl (C=O) groups excluding carboxylic acids is 2. The lowest BCUT2D eigenvalue weighted by Gasteiger charge is -2.33. The summed E-state index contributed by atoms with van der Waals surface area (Å²) < 4.78 is 28.9. The van der Waals surface area contributed by atoms with Gasteiger partial charge in [-0.2, -0.15) is 0 Å². The summed E-state index contributed by atoms with van der Waals surface area (Å²) >= 11 is 6.46. The van der Waals surface area contributed by atoms with Crippen molar-refractivity contribution < 1.29 is 18.0 Å². The topological polar surface area (TPSA) is 86.8 Å². The van der Waals surface area contributed by atoms with Crippen molar-refractivity contribution in [2.75, 3.05) is 17.4 Å². The number of carbonyl (C=O) groups is 2. The highest BCUT2D eigenvalue weighted by atomic mass is 35.5. The van der Waals surface area contributed by atoms with Crippen molar-refractivity contribution in [1.29, 1.82) is 0 Å². The fourth-order valence-electron chi connectivity index (χ4n) is 4.35. The van der Waals surface area contributed by atoms with Gasteiger partial charge in [0, 0.05) is 13.1 Å². The minimum absolute atomic E-state index is 0.0396. The number of anilines is 1. The maximum Gasteiger partial charge on any atom is 0.264 e. The van der Waals surface area contributed by atoms with E-state index in [4.69, 9.17) is 11.6 Å². The van der Waals surface area contributed by atoms with Crippen molar-refractivity contribution in [3.8, 4) is 0 Å². The number of hydrogen-bond acceptors (Lipinski definition) is 4. The lowest BCUT2D eigenvalue weighted by molar-refractivity contribution is -0.140. The number of halogens is 1. The van der Waals surface area contributed by atoms with E-state index in [2.05, 4.69) is 5.32 Å². The van der Waals surface area contributed by atoms with Crippen molar-refractivity contribution in [2.45, 2.75) is 58.5 Å². The van der Waals surface area contributed by atoms with Gasteiger partial charge in [0.1, 0.15) is 12.6 Å². The lowest BCUT2D eigenvalue weighted by Crippen LogP contribution is -2.52. The molecule has 0 aromatic heterocycles. The van der Waals surface area contributed by atoms with E-state index in [9.17, 15) is 18.0 Å². The molecule has 0 saturated carbocycles. The Bertz CT molecular complexity index is 1420. The summed E-state index contributed by atoms with van der Waals surface area (Å²) in [6, 6.07) is 19.8. The highest BCUT2D eigenvalue weighted by Gasteiger charge is 2.34. The monoisotopic (exact) mass is 583 g/mol. The van der Waals surface area contributed by atoms with Gasteiger partial charge in [0.2, 0.25) is 11.8 Å². The van der Waals surface area contributed by atoms with E-state index in [0.717, 1.165) is 21.0 Å². The molecule has 214 valence electrons. The third-order valence-corrected chi connectivity index (χ3v) is 8.61. The molecule has 0 fully saturated rings. The second kappa shape index (κ2) is 13.8. The first-order chi connectivity index (χ1) is 18.9. The van der Waals surface area contributed by atoms with E-state index >= 15 is 0 Å². The van der Waals surface area contributed by atoms with Crippen molar-refractivity contribution in [2.24, 2.45) is 5.92 Å². The molecule has 3 aromatic rings. The van der Waals surface area contributed by atoms with E-state index in [0.29, 0.717) is 13.0 Å². The second-order valence-corrected chi connectivity index (χ2v) is 12.6. The summed E-state index contributed by atoms with van der Waals surface area (Å²) in [4.78, 5) is 28.9. The average Bonchev–Trinajstić information content (AvgIpc) is 2.91. The van der Waals surface area contributed by atoms with Crippen LogP contribution in [0.5, 0.6) is 0 Å². The summed E-state index contributed by atoms with van der Waals surface area (Å²) in [5.41, 5.74) is 2.95. The maximum atomic E-state index is 14.1. The highest BCUT2D eigenvalue weighted by molar-refractivity contribution is 7.92. The summed E-state index contributed by atoms with van der Waals surface area (Å²) in [7, 11) is -4.17. The molecule has 7 nitrogen and oxygen atoms in total. The largest absolute Gasteiger partial charge is 0.354 e. The van der Waals surface area contributed by atoms with Crippen LogP contribution >= 0.6 is 11.6 Å². The van der Waals surface area contributed by atoms with Gasteiger partial charge in [0.15, 0.2) is 0 Å². The van der Waals surface area contributed by atoms with Crippen LogP contribution in [0.15, 0.2) is 77.7 Å². The van der Waals surface area contributed by atoms with Gasteiger partial charge in [0.05, 0.1) is 15.6 Å². The first-order valence-electron chi connectivity index (χ1n) is 13.4. The molecule has 0 radical (unpaired) electrons. The van der Waals surface area contributed by atoms with E-state index in [1.807, 2.05) is 58.9 Å². The van der Waals surface area contributed by atoms with Crippen LogP contribution in [0.4, 0.5) is 5.69 Å². The van der Waals surface area contributed by atoms with Crippen molar-refractivity contribution in [3.63, 3.8) is 0 Å². The predicted molar refractivity (Wildman–Crippen MR) is 161 cm³/mol. The van der Waals surface area contributed by atoms with Gasteiger partial charge < -0.3 is 10.2 Å². The molecule has 1 atom stereocenters. The zero-order valence-corrected chi connectivity index (χ0v) is 25.3. The maximum absolute atomic E-state index is 14.1. The number of hydrogen-bond donors (Lipinski definition) is 1. The normalized spacial score (nSPS) is 12.2. The molecule has 1 N–H and O–H groups in total. The molecule has 0 bridgehead atoms. The molecule has 0 aliphatic heterocycles. The second-order valence-electron chi connectivity index (χ2n) is 10.3. The zero-order chi connectivity index (χ0) is 29.4. The Morgan fingerprint density at radius 3 is 2.20 bits per heavy atom. The number of rotatable bonds is 12. The summed E-state index contributed by atoms with van der Waals surface area (Å²) in [5.74, 6) is -0.552. The van der Waals surface area contributed by atoms with E-state index < -0.39 is 28.5 Å². The molecule has 3 aromatic carbocycles. The molecule has 0 saturated heterocycles. The summed E-state index contributed by atoms with van der Waals surface area (Å²) in [6.45, 7) is 9.73. The number of benzene rings is 3. The molecule has 0 aliphatic rings. The van der Waals surface area contributed by atoms with Crippen LogP contribution in [0, 0.1) is 19.8 Å². The van der Waals surface area contributed by atoms with Gasteiger partial charge in [0.25, 0.3) is 10.0 Å². The van der Waals surface area contributed by atoms with Crippen molar-refractivity contribution in [1.82, 2.24) is 10.2 Å². The average molecular weight is 584 g/mol. The molecule has 2 amide bonds. The first kappa shape index (κ1) is 31.2. The standard InChI is InChI=1S/C31H38ClN3O4S/c1-6-28(31(37)33-19-22(2)3)34(20-25-11-9-10-24(5)18-25)30(36)21-35(29-13-8-7-12-27(29)32)40(38,39)26-16-14-23(4)15-17-26/h7-18,22,28H,6,19-21H2,1-5H3,(H,33,37)/t28-/m1/s1. The number of amides is 2. The van der Waals surface area contributed by atoms with Gasteiger partial charge in [-0.05, 0) is 56.0 Å². The number of nitrogens with zero attached hydrogens (tertiary/aromatic N) is 2. The van der Waals surface area contributed by atoms with Gasteiger partial charge in [-0.3, -0.25) is 13.9 Å². The molecular formula is C31H38ClN3O4S. The van der Waals surface area contributed by atoms with Crippen LogP contribution in [0.3, 0.4) is 0 Å². The Kier molecular flexibility index (Phi) is 10.8. The molecule has 0 unspecified atom stereocenters. The fourth-order valence-corrected chi connectivity index (χ4v) is 6.07. The smallest absolute Gasteiger partial charge is 0.264 e. The van der Waals surface area contributed by atoms with Crippen LogP contribution in [0.25, 0.3) is 0 Å². The Labute approximate surface area is 243 Å². The van der Waals surface area contributed by atoms with Gasteiger partial charge >= 0.3 is 0 Å². The molecule has 0 aliphatic carbocycles. The van der Waals surface area contributed by atoms with E-state index in [-0.39, 0.29) is 34.0 Å². The van der Waals surface area contributed by atoms with Crippen LogP contribution in [-0.2, 0) is 26.2 Å². The van der Waals surface area contributed by atoms with E-state index in [1.165, 1.54) is 17.0 Å². The lowest BCUT2D eigenvalue weighted by atomic mass is 10.1. The Balaban J connectivity index is 2.06. The fraction of sp³-hybridized carbons (Fsp3) is 0.355. The molecule has 0 spiro atoms. The van der Waals surface area contributed by atoms with Crippen molar-refractivity contribution in [3.05, 3.63) is 94.5 Å². The van der Waals surface area contributed by atoms with Gasteiger partial charge in [-0.1, -0.05) is 92.0 Å². The quantitative estimate of drug-likeness (QED) is 0.295. The zero-order valence-electron chi connectivity index (χ0n) is 23.7. The summed E-state index contributed by atoms with van der Waals surface area (Å²) in [6.07, 6.45) is 0.359. The third kappa shape index (κ3) is 7.86. The summed E-state index contributed by atoms with van der Waals surface area (Å²) in [5, 5.41) is 3.13. The molecule has 3 rings (SSSR count). The van der Waals surface area contributed by atoms with Crippen LogP contribution in [-0.4, -0.2) is 44.3 Å². The van der Waals surface area contributed by atoms with Crippen LogP contribution in [0.2, 0.25) is 5.02 Å². The Morgan fingerprint density at radius 1 is 0.925 bits per heavy atom. The van der Waals surface area contributed by atoms with Gasteiger partial charge in [-0.25, -0.2) is 8.42 Å². The number of aryl methyl sites for hydroxylation is 2. The number of nitrogens with one attached hydrogen (secondary N) is 1. The minimum atomic E-state index is -4.17. The number of para-hydroxylation sites is 1. The van der Waals surface area contributed by atoms with Crippen LogP contribution < -0.4 is 9.62 Å². The predicted octanol–water partition coefficient (Wildman–Crippen LogP) is 5.73. The molecule has 40 heavy (non-hydrogen) atoms. The minimum Gasteiger partial charge on any atom is -0.354 e. The van der Waals surface area contributed by atoms with E-state index in [1.54, 1.807) is 36.4 Å². The van der Waals surface area contributed by atoms with Gasteiger partial charge in [-0.15, -0.1) is 0 Å². The van der Waals surface area contributed by atoms with Crippen LogP contribution in [0.1, 0.15) is 43.9 Å². The first-order valence-corrected chi connectivity index (χ1v) is 15.2. The number of sulfonamides is 1. The SMILES string of the molecule is CC[C@H](C(=O)NCC(C)C)N(Cc1cccc(C)c1)C(=O)CN(c1ccccc1Cl)S(=O)(=O)c1ccc(C)cc1. The molecular weight excluding hydrogens is 546 g/mol.